The molecule has 1 rings (SSSR count). The van der Waals surface area contributed by atoms with Crippen molar-refractivity contribution in [3.63, 3.8) is 0 Å². The third-order valence-electron chi connectivity index (χ3n) is 2.15. The van der Waals surface area contributed by atoms with Crippen molar-refractivity contribution >= 4 is 15.8 Å². The summed E-state index contributed by atoms with van der Waals surface area (Å²) in [7, 11) is -3.36. The first-order valence-electron chi connectivity index (χ1n) is 4.88. The fourth-order valence-electron chi connectivity index (χ4n) is 1.34. The Bertz CT molecular complexity index is 450. The summed E-state index contributed by atoms with van der Waals surface area (Å²) in [4.78, 5) is 10.6. The molecule has 1 atom stereocenters. The highest BCUT2D eigenvalue weighted by Crippen LogP contribution is 2.09. The highest BCUT2D eigenvalue weighted by atomic mass is 32.2. The molecule has 1 unspecified atom stereocenters. The number of sulfone groups is 1. The Labute approximate surface area is 94.8 Å². The summed E-state index contributed by atoms with van der Waals surface area (Å²) in [5.74, 6) is -2.38. The van der Waals surface area contributed by atoms with Crippen molar-refractivity contribution in [3.05, 3.63) is 35.9 Å². The van der Waals surface area contributed by atoms with Crippen LogP contribution in [0.15, 0.2) is 30.3 Å². The van der Waals surface area contributed by atoms with Gasteiger partial charge < -0.3 is 5.11 Å². The molecule has 0 aliphatic carbocycles. The largest absolute Gasteiger partial charge is 0.481 e. The molecular weight excluding hydrogens is 228 g/mol. The molecular formula is C11H14O4S. The van der Waals surface area contributed by atoms with Crippen LogP contribution in [-0.4, -0.2) is 25.2 Å². The summed E-state index contributed by atoms with van der Waals surface area (Å²) in [6.07, 6.45) is 0. The Morgan fingerprint density at radius 2 is 1.88 bits per heavy atom. The van der Waals surface area contributed by atoms with E-state index < -0.39 is 21.7 Å². The van der Waals surface area contributed by atoms with Gasteiger partial charge in [-0.3, -0.25) is 4.79 Å². The van der Waals surface area contributed by atoms with E-state index in [-0.39, 0.29) is 11.5 Å². The van der Waals surface area contributed by atoms with E-state index in [4.69, 9.17) is 5.11 Å². The van der Waals surface area contributed by atoms with Crippen LogP contribution >= 0.6 is 0 Å². The molecule has 16 heavy (non-hydrogen) atoms. The number of benzene rings is 1. The normalized spacial score (nSPS) is 13.3. The standard InChI is InChI=1S/C11H14O4S/c1-9(11(12)13)7-16(14,15)8-10-5-3-2-4-6-10/h2-6,9H,7-8H2,1H3,(H,12,13). The van der Waals surface area contributed by atoms with Gasteiger partial charge in [-0.2, -0.15) is 0 Å². The number of carbonyl (C=O) groups is 1. The third-order valence-corrected chi connectivity index (χ3v) is 3.94. The molecule has 1 N–H and O–H groups in total. The highest BCUT2D eigenvalue weighted by Gasteiger charge is 2.21. The van der Waals surface area contributed by atoms with E-state index in [1.165, 1.54) is 6.92 Å². The number of carboxylic acid groups (broad SMARTS) is 1. The van der Waals surface area contributed by atoms with E-state index in [1.807, 2.05) is 0 Å². The molecule has 0 bridgehead atoms. The van der Waals surface area contributed by atoms with E-state index in [1.54, 1.807) is 30.3 Å². The van der Waals surface area contributed by atoms with Gasteiger partial charge in [-0.05, 0) is 5.56 Å². The summed E-state index contributed by atoms with van der Waals surface area (Å²) in [6, 6.07) is 8.74. The first-order chi connectivity index (χ1) is 7.41. The zero-order valence-electron chi connectivity index (χ0n) is 8.96. The second-order valence-corrected chi connectivity index (χ2v) is 5.89. The maximum atomic E-state index is 11.7. The van der Waals surface area contributed by atoms with Gasteiger partial charge >= 0.3 is 5.97 Å². The Kier molecular flexibility index (Phi) is 4.06. The monoisotopic (exact) mass is 242 g/mol. The van der Waals surface area contributed by atoms with Gasteiger partial charge in [-0.15, -0.1) is 0 Å². The van der Waals surface area contributed by atoms with Crippen molar-refractivity contribution in [2.45, 2.75) is 12.7 Å². The van der Waals surface area contributed by atoms with Crippen LogP contribution in [-0.2, 0) is 20.4 Å². The minimum Gasteiger partial charge on any atom is -0.481 e. The Morgan fingerprint density at radius 3 is 2.38 bits per heavy atom. The molecule has 5 heteroatoms. The maximum absolute atomic E-state index is 11.7. The molecule has 0 aliphatic heterocycles. The lowest BCUT2D eigenvalue weighted by Gasteiger charge is -2.07. The van der Waals surface area contributed by atoms with Crippen LogP contribution in [0.25, 0.3) is 0 Å². The van der Waals surface area contributed by atoms with Crippen LogP contribution < -0.4 is 0 Å². The molecule has 1 aromatic rings. The summed E-state index contributed by atoms with van der Waals surface area (Å²) in [5.41, 5.74) is 0.681. The maximum Gasteiger partial charge on any atom is 0.307 e. The smallest absolute Gasteiger partial charge is 0.307 e. The third kappa shape index (κ3) is 4.02. The van der Waals surface area contributed by atoms with Crippen molar-refractivity contribution in [1.82, 2.24) is 0 Å². The first-order valence-corrected chi connectivity index (χ1v) is 6.70. The molecule has 0 heterocycles. The Hall–Kier alpha value is -1.36. The van der Waals surface area contributed by atoms with Gasteiger partial charge in [0.05, 0.1) is 17.4 Å². The van der Waals surface area contributed by atoms with Gasteiger partial charge in [0.15, 0.2) is 9.84 Å². The number of rotatable bonds is 5. The fraction of sp³-hybridized carbons (Fsp3) is 0.364. The second-order valence-electron chi connectivity index (χ2n) is 3.78. The predicted octanol–water partition coefficient (Wildman–Crippen LogP) is 1.32. The minimum absolute atomic E-state index is 0.106. The van der Waals surface area contributed by atoms with E-state index >= 15 is 0 Å². The topological polar surface area (TPSA) is 71.4 Å². The number of hydrogen-bond acceptors (Lipinski definition) is 3. The lowest BCUT2D eigenvalue weighted by molar-refractivity contribution is -0.140. The number of aliphatic carboxylic acids is 1. The van der Waals surface area contributed by atoms with Gasteiger partial charge in [-0.1, -0.05) is 37.3 Å². The predicted molar refractivity (Wildman–Crippen MR) is 60.7 cm³/mol. The molecule has 0 amide bonds. The van der Waals surface area contributed by atoms with Gasteiger partial charge in [0.25, 0.3) is 0 Å². The first kappa shape index (κ1) is 12.7. The zero-order valence-corrected chi connectivity index (χ0v) is 9.78. The number of carboxylic acids is 1. The Morgan fingerprint density at radius 1 is 1.31 bits per heavy atom. The van der Waals surface area contributed by atoms with Crippen molar-refractivity contribution < 1.29 is 18.3 Å². The van der Waals surface area contributed by atoms with Crippen molar-refractivity contribution in [2.75, 3.05) is 5.75 Å². The van der Waals surface area contributed by atoms with Gasteiger partial charge in [-0.25, -0.2) is 8.42 Å². The lowest BCUT2D eigenvalue weighted by atomic mass is 10.2. The van der Waals surface area contributed by atoms with Crippen LogP contribution in [0.5, 0.6) is 0 Å². The van der Waals surface area contributed by atoms with Crippen molar-refractivity contribution in [2.24, 2.45) is 5.92 Å². The molecule has 0 saturated heterocycles. The lowest BCUT2D eigenvalue weighted by Crippen LogP contribution is -2.22. The molecule has 0 spiro atoms. The van der Waals surface area contributed by atoms with Gasteiger partial charge in [0.1, 0.15) is 0 Å². The molecule has 1 aromatic carbocycles. The zero-order chi connectivity index (χ0) is 12.2. The minimum atomic E-state index is -3.36. The molecule has 4 nitrogen and oxygen atoms in total. The van der Waals surface area contributed by atoms with Crippen molar-refractivity contribution in [3.8, 4) is 0 Å². The van der Waals surface area contributed by atoms with E-state index in [2.05, 4.69) is 0 Å². The average molecular weight is 242 g/mol. The molecule has 0 aliphatic rings. The van der Waals surface area contributed by atoms with Crippen LogP contribution in [0.1, 0.15) is 12.5 Å². The van der Waals surface area contributed by atoms with Crippen LogP contribution in [0.4, 0.5) is 0 Å². The van der Waals surface area contributed by atoms with Gasteiger partial charge in [0, 0.05) is 0 Å². The SMILES string of the molecule is CC(CS(=O)(=O)Cc1ccccc1)C(=O)O. The van der Waals surface area contributed by atoms with Crippen LogP contribution in [0.3, 0.4) is 0 Å². The molecule has 0 radical (unpaired) electrons. The molecule has 0 aromatic heterocycles. The quantitative estimate of drug-likeness (QED) is 0.845. The van der Waals surface area contributed by atoms with Crippen molar-refractivity contribution in [1.29, 1.82) is 0 Å². The fourth-order valence-corrected chi connectivity index (χ4v) is 3.06. The van der Waals surface area contributed by atoms with Crippen LogP contribution in [0, 0.1) is 5.92 Å². The van der Waals surface area contributed by atoms with E-state index in [0.717, 1.165) is 0 Å². The molecule has 0 fully saturated rings. The molecule has 88 valence electrons. The Balaban J connectivity index is 2.70. The van der Waals surface area contributed by atoms with E-state index in [0.29, 0.717) is 5.56 Å². The summed E-state index contributed by atoms with van der Waals surface area (Å²) in [5, 5.41) is 8.65. The average Bonchev–Trinajstić information content (AvgIpc) is 2.17. The van der Waals surface area contributed by atoms with Gasteiger partial charge in [0.2, 0.25) is 0 Å². The second kappa shape index (κ2) is 5.12. The summed E-state index contributed by atoms with van der Waals surface area (Å²) in [6.45, 7) is 1.39. The summed E-state index contributed by atoms with van der Waals surface area (Å²) >= 11 is 0. The van der Waals surface area contributed by atoms with Crippen LogP contribution in [0.2, 0.25) is 0 Å². The highest BCUT2D eigenvalue weighted by molar-refractivity contribution is 7.90. The van der Waals surface area contributed by atoms with E-state index in [9.17, 15) is 13.2 Å². The number of hydrogen-bond donors (Lipinski definition) is 1. The summed E-state index contributed by atoms with van der Waals surface area (Å²) < 4.78 is 23.3. The molecule has 0 saturated carbocycles.